The summed E-state index contributed by atoms with van der Waals surface area (Å²) in [4.78, 5) is 11.7. The van der Waals surface area contributed by atoms with Crippen molar-refractivity contribution in [2.45, 2.75) is 46.1 Å². The summed E-state index contributed by atoms with van der Waals surface area (Å²) in [5.41, 5.74) is 0.850. The molecule has 0 aliphatic heterocycles. The molecule has 0 aliphatic rings. The molecular weight excluding hydrogens is 206 g/mol. The standard InChI is InChI=1S/C11H19N3O2/c1-4-7-14-10(8-12-13-14)9(5-2)11(15)16-6-3/h8-9H,4-7H2,1-3H3. The van der Waals surface area contributed by atoms with E-state index in [1.165, 1.54) is 0 Å². The largest absolute Gasteiger partial charge is 0.465 e. The van der Waals surface area contributed by atoms with Gasteiger partial charge in [-0.15, -0.1) is 5.10 Å². The summed E-state index contributed by atoms with van der Waals surface area (Å²) in [5.74, 6) is -0.439. The van der Waals surface area contributed by atoms with E-state index in [9.17, 15) is 4.79 Å². The number of aryl methyl sites for hydroxylation is 1. The predicted molar refractivity (Wildman–Crippen MR) is 60.0 cm³/mol. The van der Waals surface area contributed by atoms with E-state index in [2.05, 4.69) is 17.2 Å². The van der Waals surface area contributed by atoms with Crippen LogP contribution in [0.25, 0.3) is 0 Å². The van der Waals surface area contributed by atoms with E-state index >= 15 is 0 Å². The minimum Gasteiger partial charge on any atom is -0.465 e. The van der Waals surface area contributed by atoms with E-state index in [4.69, 9.17) is 4.74 Å². The predicted octanol–water partition coefficient (Wildman–Crippen LogP) is 1.74. The Morgan fingerprint density at radius 2 is 2.25 bits per heavy atom. The van der Waals surface area contributed by atoms with Crippen molar-refractivity contribution in [3.63, 3.8) is 0 Å². The Morgan fingerprint density at radius 1 is 1.50 bits per heavy atom. The summed E-state index contributed by atoms with van der Waals surface area (Å²) in [7, 11) is 0. The van der Waals surface area contributed by atoms with Crippen molar-refractivity contribution in [3.05, 3.63) is 11.9 Å². The molecule has 1 aromatic rings. The van der Waals surface area contributed by atoms with Crippen molar-refractivity contribution < 1.29 is 9.53 Å². The maximum Gasteiger partial charge on any atom is 0.315 e. The number of rotatable bonds is 6. The zero-order valence-electron chi connectivity index (χ0n) is 10.1. The first-order valence-corrected chi connectivity index (χ1v) is 5.79. The van der Waals surface area contributed by atoms with Crippen LogP contribution >= 0.6 is 0 Å². The second kappa shape index (κ2) is 6.25. The second-order valence-corrected chi connectivity index (χ2v) is 3.59. The molecule has 0 saturated carbocycles. The molecule has 1 heterocycles. The van der Waals surface area contributed by atoms with Crippen LogP contribution in [0.3, 0.4) is 0 Å². The normalized spacial score (nSPS) is 12.4. The Labute approximate surface area is 95.8 Å². The van der Waals surface area contributed by atoms with Crippen molar-refractivity contribution in [2.24, 2.45) is 0 Å². The molecule has 0 spiro atoms. The number of hydrogen-bond donors (Lipinski definition) is 0. The number of hydrogen-bond acceptors (Lipinski definition) is 4. The minimum absolute atomic E-state index is 0.190. The van der Waals surface area contributed by atoms with E-state index in [0.717, 1.165) is 18.7 Å². The fourth-order valence-electron chi connectivity index (χ4n) is 1.66. The number of nitrogens with zero attached hydrogens (tertiary/aromatic N) is 3. The molecule has 16 heavy (non-hydrogen) atoms. The van der Waals surface area contributed by atoms with Crippen LogP contribution in [0.4, 0.5) is 0 Å². The van der Waals surface area contributed by atoms with Gasteiger partial charge < -0.3 is 4.74 Å². The molecule has 90 valence electrons. The lowest BCUT2D eigenvalue weighted by atomic mass is 10.0. The molecule has 5 nitrogen and oxygen atoms in total. The third-order valence-corrected chi connectivity index (χ3v) is 2.42. The van der Waals surface area contributed by atoms with Gasteiger partial charge in [0.05, 0.1) is 18.5 Å². The lowest BCUT2D eigenvalue weighted by Gasteiger charge is -2.14. The van der Waals surface area contributed by atoms with Crippen LogP contribution in [0.5, 0.6) is 0 Å². The topological polar surface area (TPSA) is 57.0 Å². The summed E-state index contributed by atoms with van der Waals surface area (Å²) < 4.78 is 6.83. The van der Waals surface area contributed by atoms with Gasteiger partial charge in [-0.1, -0.05) is 19.1 Å². The zero-order valence-corrected chi connectivity index (χ0v) is 10.1. The summed E-state index contributed by atoms with van der Waals surface area (Å²) >= 11 is 0. The van der Waals surface area contributed by atoms with Gasteiger partial charge in [-0.25, -0.2) is 4.68 Å². The van der Waals surface area contributed by atoms with E-state index in [1.54, 1.807) is 10.9 Å². The molecule has 1 atom stereocenters. The Kier molecular flexibility index (Phi) is 4.95. The fourth-order valence-corrected chi connectivity index (χ4v) is 1.66. The van der Waals surface area contributed by atoms with Gasteiger partial charge in [-0.3, -0.25) is 4.79 Å². The molecule has 0 aromatic carbocycles. The van der Waals surface area contributed by atoms with Gasteiger partial charge in [-0.2, -0.15) is 0 Å². The lowest BCUT2D eigenvalue weighted by Crippen LogP contribution is -2.19. The number of ether oxygens (including phenoxy) is 1. The highest BCUT2D eigenvalue weighted by atomic mass is 16.5. The summed E-state index contributed by atoms with van der Waals surface area (Å²) in [5, 5.41) is 7.83. The third-order valence-electron chi connectivity index (χ3n) is 2.42. The molecule has 0 amide bonds. The first-order valence-electron chi connectivity index (χ1n) is 5.79. The van der Waals surface area contributed by atoms with Gasteiger partial charge in [-0.05, 0) is 19.8 Å². The van der Waals surface area contributed by atoms with Crippen molar-refractivity contribution >= 4 is 5.97 Å². The first-order chi connectivity index (χ1) is 7.74. The maximum atomic E-state index is 11.7. The van der Waals surface area contributed by atoms with Crippen LogP contribution < -0.4 is 0 Å². The van der Waals surface area contributed by atoms with Gasteiger partial charge in [0.2, 0.25) is 0 Å². The van der Waals surface area contributed by atoms with E-state index < -0.39 is 0 Å². The molecule has 1 aromatic heterocycles. The van der Waals surface area contributed by atoms with Crippen LogP contribution in [0.15, 0.2) is 6.20 Å². The summed E-state index contributed by atoms with van der Waals surface area (Å²) in [6, 6.07) is 0. The summed E-state index contributed by atoms with van der Waals surface area (Å²) in [6.45, 7) is 7.03. The van der Waals surface area contributed by atoms with Crippen LogP contribution in [0.1, 0.15) is 45.2 Å². The molecule has 0 bridgehead atoms. The van der Waals surface area contributed by atoms with E-state index in [-0.39, 0.29) is 11.9 Å². The first kappa shape index (κ1) is 12.7. The highest BCUT2D eigenvalue weighted by Crippen LogP contribution is 2.20. The van der Waals surface area contributed by atoms with Gasteiger partial charge in [0.1, 0.15) is 5.92 Å². The van der Waals surface area contributed by atoms with Crippen LogP contribution in [0, 0.1) is 0 Å². The van der Waals surface area contributed by atoms with Crippen LogP contribution in [-0.2, 0) is 16.1 Å². The number of esters is 1. The molecule has 1 rings (SSSR count). The van der Waals surface area contributed by atoms with Gasteiger partial charge in [0.25, 0.3) is 0 Å². The molecule has 0 fully saturated rings. The Balaban J connectivity index is 2.85. The van der Waals surface area contributed by atoms with Crippen molar-refractivity contribution in [1.29, 1.82) is 0 Å². The van der Waals surface area contributed by atoms with Gasteiger partial charge >= 0.3 is 5.97 Å². The maximum absolute atomic E-state index is 11.7. The van der Waals surface area contributed by atoms with E-state index in [0.29, 0.717) is 13.0 Å². The van der Waals surface area contributed by atoms with Crippen molar-refractivity contribution in [1.82, 2.24) is 15.0 Å². The Morgan fingerprint density at radius 3 is 2.81 bits per heavy atom. The van der Waals surface area contributed by atoms with Crippen LogP contribution in [0.2, 0.25) is 0 Å². The SMILES string of the molecule is CCCn1nncc1C(CC)C(=O)OCC. The van der Waals surface area contributed by atoms with Gasteiger partial charge in [0.15, 0.2) is 0 Å². The van der Waals surface area contributed by atoms with Crippen molar-refractivity contribution in [2.75, 3.05) is 6.61 Å². The molecular formula is C11H19N3O2. The third kappa shape index (κ3) is 2.81. The lowest BCUT2D eigenvalue weighted by molar-refractivity contribution is -0.145. The highest BCUT2D eigenvalue weighted by molar-refractivity contribution is 5.77. The quantitative estimate of drug-likeness (QED) is 0.692. The zero-order chi connectivity index (χ0) is 12.0. The van der Waals surface area contributed by atoms with E-state index in [1.807, 2.05) is 13.8 Å². The monoisotopic (exact) mass is 225 g/mol. The Bertz CT molecular complexity index is 336. The molecule has 0 aliphatic carbocycles. The molecule has 0 N–H and O–H groups in total. The minimum atomic E-state index is -0.249. The number of aromatic nitrogens is 3. The molecule has 0 saturated heterocycles. The van der Waals surface area contributed by atoms with Gasteiger partial charge in [0, 0.05) is 6.54 Å². The fraction of sp³-hybridized carbons (Fsp3) is 0.727. The van der Waals surface area contributed by atoms with Crippen LogP contribution in [-0.4, -0.2) is 27.6 Å². The molecule has 0 radical (unpaired) electrons. The van der Waals surface area contributed by atoms with Crippen molar-refractivity contribution in [3.8, 4) is 0 Å². The Hall–Kier alpha value is -1.39. The second-order valence-electron chi connectivity index (χ2n) is 3.59. The average Bonchev–Trinajstić information content (AvgIpc) is 2.69. The molecule has 5 heteroatoms. The highest BCUT2D eigenvalue weighted by Gasteiger charge is 2.23. The smallest absolute Gasteiger partial charge is 0.315 e. The number of carbonyl (C=O) groups is 1. The average molecular weight is 225 g/mol. The molecule has 1 unspecified atom stereocenters. The number of carbonyl (C=O) groups excluding carboxylic acids is 1. The summed E-state index contributed by atoms with van der Waals surface area (Å²) in [6.07, 6.45) is 3.33.